The summed E-state index contributed by atoms with van der Waals surface area (Å²) in [5.41, 5.74) is 0.979. The molecule has 0 radical (unpaired) electrons. The number of hydrogen-bond donors (Lipinski definition) is 2. The minimum atomic E-state index is -1.12. The number of ether oxygens (including phenoxy) is 1. The number of nitrogens with zero attached hydrogens (tertiary/aromatic N) is 3. The summed E-state index contributed by atoms with van der Waals surface area (Å²) in [6.07, 6.45) is 5.13. The van der Waals surface area contributed by atoms with Crippen molar-refractivity contribution in [3.05, 3.63) is 77.4 Å². The molecular formula is C28H31N5O4S. The lowest BCUT2D eigenvalue weighted by molar-refractivity contribution is -0.133. The van der Waals surface area contributed by atoms with Crippen LogP contribution in [0.4, 0.5) is 0 Å². The van der Waals surface area contributed by atoms with E-state index >= 15 is 0 Å². The number of carbonyl (C=O) groups is 3. The zero-order valence-corrected chi connectivity index (χ0v) is 22.5. The number of aromatic nitrogens is 2. The molecular weight excluding hydrogens is 502 g/mol. The Hall–Kier alpha value is -3.79. The van der Waals surface area contributed by atoms with Gasteiger partial charge in [-0.25, -0.2) is 4.98 Å². The number of benzene rings is 2. The van der Waals surface area contributed by atoms with Crippen LogP contribution in [0.1, 0.15) is 51.9 Å². The molecule has 0 spiro atoms. The molecule has 2 aromatic carbocycles. The molecule has 1 aliphatic carbocycles. The van der Waals surface area contributed by atoms with E-state index in [0.717, 1.165) is 28.9 Å². The van der Waals surface area contributed by atoms with Crippen molar-refractivity contribution in [1.82, 2.24) is 25.1 Å². The number of methoxy groups -OCH3 is 1. The zero-order chi connectivity index (χ0) is 26.9. The molecule has 10 heteroatoms. The molecule has 2 aliphatic rings. The number of nitrogens with one attached hydrogen (secondary N) is 2. The van der Waals surface area contributed by atoms with Crippen molar-refractivity contribution < 1.29 is 19.1 Å². The molecule has 1 fully saturated rings. The molecule has 38 heavy (non-hydrogen) atoms. The molecule has 9 nitrogen and oxygen atoms in total. The second kappa shape index (κ2) is 10.5. The predicted molar refractivity (Wildman–Crippen MR) is 144 cm³/mol. The first-order valence-electron chi connectivity index (χ1n) is 12.6. The Morgan fingerprint density at radius 2 is 1.84 bits per heavy atom. The highest BCUT2D eigenvalue weighted by atomic mass is 32.2. The van der Waals surface area contributed by atoms with Gasteiger partial charge in [-0.3, -0.25) is 14.4 Å². The van der Waals surface area contributed by atoms with Crippen molar-refractivity contribution in [3.63, 3.8) is 0 Å². The van der Waals surface area contributed by atoms with Crippen LogP contribution >= 0.6 is 11.8 Å². The SMILES string of the molecule is COc1ccccc1CNC(=O)[C@]1(C)Cn2cnc(C(=O)NCc3ccc(SC)cc3)c2C(=O)N1C1CC1. The average molecular weight is 534 g/mol. The summed E-state index contributed by atoms with van der Waals surface area (Å²) in [6, 6.07) is 15.4. The van der Waals surface area contributed by atoms with Crippen molar-refractivity contribution in [2.24, 2.45) is 0 Å². The van der Waals surface area contributed by atoms with Gasteiger partial charge in [-0.15, -0.1) is 11.8 Å². The lowest BCUT2D eigenvalue weighted by atomic mass is 9.93. The molecule has 1 atom stereocenters. The van der Waals surface area contributed by atoms with Gasteiger partial charge in [-0.05, 0) is 49.8 Å². The van der Waals surface area contributed by atoms with Gasteiger partial charge in [0.15, 0.2) is 5.69 Å². The Morgan fingerprint density at radius 1 is 1.11 bits per heavy atom. The van der Waals surface area contributed by atoms with Crippen molar-refractivity contribution >= 4 is 29.5 Å². The third kappa shape index (κ3) is 4.88. The van der Waals surface area contributed by atoms with Gasteiger partial charge in [-0.2, -0.15) is 0 Å². The number of thioether (sulfide) groups is 1. The Bertz CT molecular complexity index is 1370. The van der Waals surface area contributed by atoms with Crippen LogP contribution < -0.4 is 15.4 Å². The molecule has 0 bridgehead atoms. The third-order valence-electron chi connectivity index (χ3n) is 7.13. The third-order valence-corrected chi connectivity index (χ3v) is 7.87. The van der Waals surface area contributed by atoms with Crippen LogP contribution in [0.2, 0.25) is 0 Å². The number of amides is 3. The van der Waals surface area contributed by atoms with E-state index in [1.807, 2.05) is 54.8 Å². The van der Waals surface area contributed by atoms with Crippen LogP contribution in [0.3, 0.4) is 0 Å². The largest absolute Gasteiger partial charge is 0.496 e. The van der Waals surface area contributed by atoms with E-state index in [-0.39, 0.29) is 42.3 Å². The van der Waals surface area contributed by atoms with Gasteiger partial charge in [0.05, 0.1) is 20.0 Å². The second-order valence-corrected chi connectivity index (χ2v) is 10.7. The molecule has 5 rings (SSSR count). The number of hydrogen-bond acceptors (Lipinski definition) is 6. The highest BCUT2D eigenvalue weighted by Gasteiger charge is 2.53. The molecule has 3 aromatic rings. The van der Waals surface area contributed by atoms with Gasteiger partial charge in [0.2, 0.25) is 5.91 Å². The topological polar surface area (TPSA) is 106 Å². The summed E-state index contributed by atoms with van der Waals surface area (Å²) >= 11 is 1.65. The summed E-state index contributed by atoms with van der Waals surface area (Å²) in [7, 11) is 1.59. The van der Waals surface area contributed by atoms with E-state index in [2.05, 4.69) is 15.6 Å². The van der Waals surface area contributed by atoms with Gasteiger partial charge in [0.1, 0.15) is 17.0 Å². The quantitative estimate of drug-likeness (QED) is 0.409. The monoisotopic (exact) mass is 533 g/mol. The molecule has 3 amide bonds. The highest BCUT2D eigenvalue weighted by molar-refractivity contribution is 7.98. The highest BCUT2D eigenvalue weighted by Crippen LogP contribution is 2.39. The van der Waals surface area contributed by atoms with E-state index < -0.39 is 11.4 Å². The van der Waals surface area contributed by atoms with Crippen LogP contribution in [0.15, 0.2) is 59.8 Å². The van der Waals surface area contributed by atoms with Crippen molar-refractivity contribution in [2.45, 2.75) is 55.9 Å². The molecule has 1 aliphatic heterocycles. The van der Waals surface area contributed by atoms with E-state index in [9.17, 15) is 14.4 Å². The maximum Gasteiger partial charge on any atom is 0.274 e. The van der Waals surface area contributed by atoms with Crippen molar-refractivity contribution in [1.29, 1.82) is 0 Å². The number of fused-ring (bicyclic) bond motifs is 1. The second-order valence-electron chi connectivity index (χ2n) is 9.78. The van der Waals surface area contributed by atoms with Gasteiger partial charge in [0.25, 0.3) is 11.8 Å². The molecule has 2 N–H and O–H groups in total. The Kier molecular flexibility index (Phi) is 7.16. The predicted octanol–water partition coefficient (Wildman–Crippen LogP) is 3.24. The van der Waals surface area contributed by atoms with Crippen molar-refractivity contribution in [3.8, 4) is 5.75 Å². The van der Waals surface area contributed by atoms with Gasteiger partial charge in [-0.1, -0.05) is 30.3 Å². The Balaban J connectivity index is 1.34. The summed E-state index contributed by atoms with van der Waals surface area (Å²) in [6.45, 7) is 2.58. The maximum atomic E-state index is 13.8. The Morgan fingerprint density at radius 3 is 2.53 bits per heavy atom. The van der Waals surface area contributed by atoms with Crippen LogP contribution in [0, 0.1) is 0 Å². The maximum absolute atomic E-state index is 13.8. The lowest BCUT2D eigenvalue weighted by Gasteiger charge is -2.44. The average Bonchev–Trinajstić information content (AvgIpc) is 3.68. The summed E-state index contributed by atoms with van der Waals surface area (Å²) in [5.74, 6) is -0.339. The standard InChI is InChI=1S/C28H31N5O4S/c1-28(27(36)30-15-19-6-4-5-7-22(19)37-2)16-32-17-31-23(24(32)26(35)33(28)20-10-11-20)25(34)29-14-18-8-12-21(38-3)13-9-18/h4-9,12-13,17,20H,10-11,14-16H2,1-3H3,(H,29,34)(H,30,36)/t28-/m0/s1. The smallest absolute Gasteiger partial charge is 0.274 e. The fourth-order valence-electron chi connectivity index (χ4n) is 4.95. The molecule has 1 saturated carbocycles. The number of imidazole rings is 1. The molecule has 0 saturated heterocycles. The van der Waals surface area contributed by atoms with Crippen LogP contribution in [-0.2, 0) is 24.4 Å². The lowest BCUT2D eigenvalue weighted by Crippen LogP contribution is -2.64. The zero-order valence-electron chi connectivity index (χ0n) is 21.7. The fraction of sp³-hybridized carbons (Fsp3) is 0.357. The van der Waals surface area contributed by atoms with Crippen LogP contribution in [-0.4, -0.2) is 57.1 Å². The molecule has 198 valence electrons. The van der Waals surface area contributed by atoms with E-state index in [4.69, 9.17) is 4.74 Å². The molecule has 0 unspecified atom stereocenters. The molecule has 2 heterocycles. The van der Waals surface area contributed by atoms with Crippen molar-refractivity contribution in [2.75, 3.05) is 13.4 Å². The van der Waals surface area contributed by atoms with E-state index in [0.29, 0.717) is 12.3 Å². The van der Waals surface area contributed by atoms with E-state index in [1.165, 1.54) is 6.33 Å². The molecule has 1 aromatic heterocycles. The van der Waals surface area contributed by atoms with E-state index in [1.54, 1.807) is 35.3 Å². The summed E-state index contributed by atoms with van der Waals surface area (Å²) in [5, 5.41) is 5.88. The minimum Gasteiger partial charge on any atom is -0.496 e. The fourth-order valence-corrected chi connectivity index (χ4v) is 5.35. The summed E-state index contributed by atoms with van der Waals surface area (Å²) in [4.78, 5) is 47.5. The number of carbonyl (C=O) groups excluding carboxylic acids is 3. The first-order valence-corrected chi connectivity index (χ1v) is 13.8. The first-order chi connectivity index (χ1) is 18.4. The van der Waals surface area contributed by atoms with Gasteiger partial charge < -0.3 is 24.8 Å². The van der Waals surface area contributed by atoms with Gasteiger partial charge >= 0.3 is 0 Å². The number of para-hydroxylation sites is 1. The summed E-state index contributed by atoms with van der Waals surface area (Å²) < 4.78 is 7.03. The normalized spacial score (nSPS) is 18.6. The Labute approximate surface area is 225 Å². The first kappa shape index (κ1) is 25.8. The van der Waals surface area contributed by atoms with Crippen LogP contribution in [0.5, 0.6) is 5.75 Å². The van der Waals surface area contributed by atoms with Crippen LogP contribution in [0.25, 0.3) is 0 Å². The van der Waals surface area contributed by atoms with Gasteiger partial charge in [0, 0.05) is 29.6 Å². The number of rotatable bonds is 9. The minimum absolute atomic E-state index is 0.0426.